The van der Waals surface area contributed by atoms with Crippen LogP contribution in [0.15, 0.2) is 66.0 Å². The molecule has 0 saturated carbocycles. The summed E-state index contributed by atoms with van der Waals surface area (Å²) in [5.41, 5.74) is 3.37. The minimum Gasteiger partial charge on any atom is -0.384 e. The lowest BCUT2D eigenvalue weighted by molar-refractivity contribution is -0.127. The van der Waals surface area contributed by atoms with Crippen molar-refractivity contribution in [1.29, 1.82) is 0 Å². The molecule has 2 atom stereocenters. The molecule has 0 unspecified atom stereocenters. The van der Waals surface area contributed by atoms with Crippen LogP contribution in [-0.2, 0) is 28.8 Å². The summed E-state index contributed by atoms with van der Waals surface area (Å²) >= 11 is 1.62. The van der Waals surface area contributed by atoms with Gasteiger partial charge in [-0.1, -0.05) is 67.6 Å². The Labute approximate surface area is 177 Å². The number of methoxy groups -OCH3 is 1. The number of carbonyl (C=O) groups is 1. The van der Waals surface area contributed by atoms with Gasteiger partial charge in [-0.2, -0.15) is 0 Å². The zero-order valence-corrected chi connectivity index (χ0v) is 17.8. The normalized spacial score (nSPS) is 13.0. The molecule has 1 aromatic heterocycles. The summed E-state index contributed by atoms with van der Waals surface area (Å²) in [4.78, 5) is 17.9. The fourth-order valence-electron chi connectivity index (χ4n) is 3.31. The highest BCUT2D eigenvalue weighted by atomic mass is 32.1. The molecule has 0 fully saturated rings. The zero-order chi connectivity index (χ0) is 20.5. The molecule has 0 bridgehead atoms. The van der Waals surface area contributed by atoms with Crippen LogP contribution in [0, 0.1) is 5.92 Å². The van der Waals surface area contributed by atoms with Crippen molar-refractivity contribution in [1.82, 2.24) is 10.3 Å². The fraction of sp³-hybridized carbons (Fsp3) is 0.333. The van der Waals surface area contributed by atoms with E-state index in [1.54, 1.807) is 18.4 Å². The number of thiazole rings is 1. The van der Waals surface area contributed by atoms with Crippen LogP contribution in [0.2, 0.25) is 0 Å². The number of nitrogens with one attached hydrogen (secondary N) is 1. The molecule has 2 aromatic carbocycles. The van der Waals surface area contributed by atoms with Crippen molar-refractivity contribution in [2.75, 3.05) is 13.7 Å². The maximum absolute atomic E-state index is 13.2. The molecule has 3 aromatic rings. The Morgan fingerprint density at radius 2 is 1.66 bits per heavy atom. The predicted octanol–water partition coefficient (Wildman–Crippen LogP) is 4.61. The van der Waals surface area contributed by atoms with Gasteiger partial charge in [0.25, 0.3) is 0 Å². The van der Waals surface area contributed by atoms with E-state index in [9.17, 15) is 4.79 Å². The van der Waals surface area contributed by atoms with Gasteiger partial charge in [0.15, 0.2) is 0 Å². The lowest BCUT2D eigenvalue weighted by atomic mass is 9.98. The third-order valence-corrected chi connectivity index (χ3v) is 5.90. The number of hydrogen-bond acceptors (Lipinski definition) is 4. The topological polar surface area (TPSA) is 51.2 Å². The Kier molecular flexibility index (Phi) is 7.96. The maximum Gasteiger partial charge on any atom is 0.226 e. The zero-order valence-electron chi connectivity index (χ0n) is 17.0. The van der Waals surface area contributed by atoms with Gasteiger partial charge in [0.1, 0.15) is 5.01 Å². The summed E-state index contributed by atoms with van der Waals surface area (Å²) in [5, 5.41) is 6.29. The minimum atomic E-state index is -0.244. The first kappa shape index (κ1) is 21.2. The van der Waals surface area contributed by atoms with E-state index in [0.717, 1.165) is 22.7 Å². The van der Waals surface area contributed by atoms with Crippen molar-refractivity contribution >= 4 is 17.2 Å². The first-order chi connectivity index (χ1) is 14.2. The van der Waals surface area contributed by atoms with E-state index in [0.29, 0.717) is 19.4 Å². The highest BCUT2D eigenvalue weighted by Crippen LogP contribution is 2.24. The van der Waals surface area contributed by atoms with Crippen LogP contribution in [0.5, 0.6) is 0 Å². The van der Waals surface area contributed by atoms with Crippen molar-refractivity contribution in [3.63, 3.8) is 0 Å². The highest BCUT2D eigenvalue weighted by Gasteiger charge is 2.24. The molecule has 4 nitrogen and oxygen atoms in total. The Bertz CT molecular complexity index is 880. The number of benzene rings is 2. The number of rotatable bonds is 10. The minimum absolute atomic E-state index is 0.00452. The summed E-state index contributed by atoms with van der Waals surface area (Å²) in [7, 11) is 1.64. The molecule has 5 heteroatoms. The van der Waals surface area contributed by atoms with Gasteiger partial charge >= 0.3 is 0 Å². The van der Waals surface area contributed by atoms with E-state index in [4.69, 9.17) is 9.72 Å². The maximum atomic E-state index is 13.2. The standard InChI is InChI=1S/C24H28N2O2S/c1-3-21-17-29-24(25-21)22(15-19-12-8-5-9-13-19)26-23(27)20(16-28-2)14-18-10-6-4-7-11-18/h4-13,17,20,22H,3,14-16H2,1-2H3,(H,26,27)/t20-,22-/m0/s1. The van der Waals surface area contributed by atoms with E-state index in [-0.39, 0.29) is 17.9 Å². The average Bonchev–Trinajstić information content (AvgIpc) is 3.24. The Morgan fingerprint density at radius 3 is 2.21 bits per heavy atom. The molecular formula is C24H28N2O2S. The number of aromatic nitrogens is 1. The smallest absolute Gasteiger partial charge is 0.226 e. The second kappa shape index (κ2) is 10.9. The molecule has 0 aliphatic rings. The molecular weight excluding hydrogens is 380 g/mol. The van der Waals surface area contributed by atoms with Crippen LogP contribution >= 0.6 is 11.3 Å². The summed E-state index contributed by atoms with van der Waals surface area (Å²) < 4.78 is 5.35. The lowest BCUT2D eigenvalue weighted by Gasteiger charge is -2.21. The second-order valence-electron chi connectivity index (χ2n) is 7.12. The van der Waals surface area contributed by atoms with Gasteiger partial charge in [-0.3, -0.25) is 4.79 Å². The van der Waals surface area contributed by atoms with Gasteiger partial charge in [0.05, 0.1) is 24.3 Å². The van der Waals surface area contributed by atoms with Crippen LogP contribution in [0.4, 0.5) is 0 Å². The van der Waals surface area contributed by atoms with Gasteiger partial charge in [-0.15, -0.1) is 11.3 Å². The Balaban J connectivity index is 1.77. The average molecular weight is 409 g/mol. The molecule has 152 valence electrons. The van der Waals surface area contributed by atoms with Crippen LogP contribution in [-0.4, -0.2) is 24.6 Å². The van der Waals surface area contributed by atoms with Crippen molar-refractivity contribution in [3.8, 4) is 0 Å². The first-order valence-corrected chi connectivity index (χ1v) is 10.9. The SMILES string of the molecule is CCc1csc([C@H](Cc2ccccc2)NC(=O)[C@H](COC)Cc2ccccc2)n1. The van der Waals surface area contributed by atoms with E-state index in [1.165, 1.54) is 5.56 Å². The van der Waals surface area contributed by atoms with Crippen molar-refractivity contribution in [2.24, 2.45) is 5.92 Å². The van der Waals surface area contributed by atoms with Gasteiger partial charge < -0.3 is 10.1 Å². The molecule has 0 aliphatic carbocycles. The number of ether oxygens (including phenoxy) is 1. The molecule has 0 aliphatic heterocycles. The van der Waals surface area contributed by atoms with Gasteiger partial charge in [-0.25, -0.2) is 4.98 Å². The number of aryl methyl sites for hydroxylation is 1. The Morgan fingerprint density at radius 1 is 1.03 bits per heavy atom. The summed E-state index contributed by atoms with van der Waals surface area (Å²) in [6.45, 7) is 2.48. The van der Waals surface area contributed by atoms with Crippen molar-refractivity contribution in [2.45, 2.75) is 32.2 Å². The number of amides is 1. The molecule has 1 N–H and O–H groups in total. The van der Waals surface area contributed by atoms with E-state index >= 15 is 0 Å². The van der Waals surface area contributed by atoms with E-state index in [1.807, 2.05) is 48.5 Å². The fourth-order valence-corrected chi connectivity index (χ4v) is 4.26. The molecule has 1 amide bonds. The van der Waals surface area contributed by atoms with Gasteiger partial charge in [-0.05, 0) is 30.4 Å². The quantitative estimate of drug-likeness (QED) is 0.533. The second-order valence-corrected chi connectivity index (χ2v) is 8.01. The Hall–Kier alpha value is -2.50. The van der Waals surface area contributed by atoms with Gasteiger partial charge in [0, 0.05) is 12.5 Å². The summed E-state index contributed by atoms with van der Waals surface area (Å²) in [5.74, 6) is -0.240. The van der Waals surface area contributed by atoms with Crippen LogP contribution < -0.4 is 5.32 Å². The van der Waals surface area contributed by atoms with Crippen molar-refractivity contribution < 1.29 is 9.53 Å². The molecule has 0 saturated heterocycles. The molecule has 1 heterocycles. The largest absolute Gasteiger partial charge is 0.384 e. The molecule has 3 rings (SSSR count). The summed E-state index contributed by atoms with van der Waals surface area (Å²) in [6, 6.07) is 20.2. The van der Waals surface area contributed by atoms with E-state index < -0.39 is 0 Å². The lowest BCUT2D eigenvalue weighted by Crippen LogP contribution is -2.37. The monoisotopic (exact) mass is 408 g/mol. The third kappa shape index (κ3) is 6.24. The highest BCUT2D eigenvalue weighted by molar-refractivity contribution is 7.09. The van der Waals surface area contributed by atoms with Crippen LogP contribution in [0.1, 0.15) is 34.8 Å². The van der Waals surface area contributed by atoms with E-state index in [2.05, 4.69) is 29.8 Å². The summed E-state index contributed by atoms with van der Waals surface area (Å²) in [6.07, 6.45) is 2.26. The third-order valence-electron chi connectivity index (χ3n) is 4.89. The predicted molar refractivity (Wildman–Crippen MR) is 118 cm³/mol. The molecule has 29 heavy (non-hydrogen) atoms. The van der Waals surface area contributed by atoms with Crippen LogP contribution in [0.3, 0.4) is 0 Å². The van der Waals surface area contributed by atoms with Gasteiger partial charge in [0.2, 0.25) is 5.91 Å². The number of nitrogens with zero attached hydrogens (tertiary/aromatic N) is 1. The molecule has 0 spiro atoms. The number of carbonyl (C=O) groups excluding carboxylic acids is 1. The van der Waals surface area contributed by atoms with Crippen molar-refractivity contribution in [3.05, 3.63) is 87.9 Å². The number of hydrogen-bond donors (Lipinski definition) is 1. The molecule has 0 radical (unpaired) electrons. The first-order valence-electron chi connectivity index (χ1n) is 10.0. The van der Waals surface area contributed by atoms with Crippen LogP contribution in [0.25, 0.3) is 0 Å².